The summed E-state index contributed by atoms with van der Waals surface area (Å²) in [5, 5.41) is 12.6. The molecule has 1 rings (SSSR count). The maximum atomic E-state index is 13.6. The van der Waals surface area contributed by atoms with Crippen LogP contribution in [0.3, 0.4) is 0 Å². The van der Waals surface area contributed by atoms with E-state index in [0.29, 0.717) is 17.3 Å². The Kier molecular flexibility index (Phi) is 11.2. The first kappa shape index (κ1) is 26.9. The van der Waals surface area contributed by atoms with E-state index in [9.17, 15) is 18.0 Å². The average molecular weight is 431 g/mol. The molecule has 0 spiro atoms. The number of amidine groups is 1. The van der Waals surface area contributed by atoms with Crippen LogP contribution in [0.5, 0.6) is 0 Å². The molecule has 8 nitrogen and oxygen atoms in total. The highest BCUT2D eigenvalue weighted by Gasteiger charge is 2.35. The van der Waals surface area contributed by atoms with Crippen LogP contribution >= 0.6 is 0 Å². The third-order valence-electron chi connectivity index (χ3n) is 3.34. The van der Waals surface area contributed by atoms with Crippen LogP contribution in [0.1, 0.15) is 38.8 Å². The number of aliphatic hydroxyl groups is 1. The van der Waals surface area contributed by atoms with Gasteiger partial charge in [0.05, 0.1) is 19.3 Å². The number of nitrogens with one attached hydrogen (secondary N) is 2. The number of hydrogen-bond acceptors (Lipinski definition) is 6. The largest absolute Gasteiger partial charge is 0.453 e. The number of hydrogen-bond donors (Lipinski definition) is 3. The van der Waals surface area contributed by atoms with Crippen molar-refractivity contribution in [3.8, 4) is 0 Å². The minimum atomic E-state index is -4.74. The number of carbonyl (C=O) groups is 1. The molecule has 3 N–H and O–H groups in total. The molecular weight excluding hydrogens is 403 g/mol. The zero-order valence-corrected chi connectivity index (χ0v) is 17.9. The molecule has 0 bridgehead atoms. The summed E-state index contributed by atoms with van der Waals surface area (Å²) >= 11 is 0. The third-order valence-corrected chi connectivity index (χ3v) is 3.34. The average Bonchev–Trinajstić information content (AvgIpc) is 2.71. The van der Waals surface area contributed by atoms with E-state index in [1.165, 1.54) is 18.3 Å². The Balaban J connectivity index is 0.00000407. The number of amides is 1. The monoisotopic (exact) mass is 431 g/mol. The van der Waals surface area contributed by atoms with Crippen molar-refractivity contribution in [3.05, 3.63) is 47.4 Å². The molecular formula is C19H28F3N5O3. The lowest BCUT2D eigenvalue weighted by molar-refractivity contribution is -0.137. The molecule has 1 amide bonds. The summed E-state index contributed by atoms with van der Waals surface area (Å²) in [4.78, 5) is 18.9. The van der Waals surface area contributed by atoms with Gasteiger partial charge < -0.3 is 9.84 Å². The second-order valence-corrected chi connectivity index (χ2v) is 5.65. The van der Waals surface area contributed by atoms with Gasteiger partial charge in [0.15, 0.2) is 0 Å². The van der Waals surface area contributed by atoms with Gasteiger partial charge in [0.2, 0.25) is 0 Å². The van der Waals surface area contributed by atoms with E-state index >= 15 is 0 Å². The Morgan fingerprint density at radius 3 is 2.43 bits per heavy atom. The number of halogens is 3. The number of anilines is 1. The molecule has 0 aliphatic carbocycles. The summed E-state index contributed by atoms with van der Waals surface area (Å²) in [7, 11) is 2.39. The minimum absolute atomic E-state index is 0.144. The lowest BCUT2D eigenvalue weighted by Gasteiger charge is -2.25. The van der Waals surface area contributed by atoms with Crippen LogP contribution in [-0.2, 0) is 10.9 Å². The van der Waals surface area contributed by atoms with Gasteiger partial charge in [0.25, 0.3) is 0 Å². The normalized spacial score (nSPS) is 11.8. The number of carbonyl (C=O) groups excluding carboxylic acids is 1. The molecule has 11 heteroatoms. The molecule has 0 aliphatic rings. The van der Waals surface area contributed by atoms with Gasteiger partial charge in [-0.25, -0.2) is 9.78 Å². The maximum absolute atomic E-state index is 13.6. The molecule has 0 unspecified atom stereocenters. The maximum Gasteiger partial charge on any atom is 0.417 e. The Bertz CT molecular complexity index is 792. The number of alkyl halides is 3. The van der Waals surface area contributed by atoms with Gasteiger partial charge in [-0.3, -0.25) is 20.7 Å². The van der Waals surface area contributed by atoms with E-state index in [-0.39, 0.29) is 23.8 Å². The van der Waals surface area contributed by atoms with Crippen molar-refractivity contribution in [3.63, 3.8) is 0 Å². The molecule has 0 atom stereocenters. The van der Waals surface area contributed by atoms with E-state index in [1.54, 1.807) is 13.8 Å². The van der Waals surface area contributed by atoms with Gasteiger partial charge >= 0.3 is 12.3 Å². The van der Waals surface area contributed by atoms with Crippen molar-refractivity contribution >= 4 is 17.7 Å². The number of ether oxygens (including phenoxy) is 1. The predicted molar refractivity (Wildman–Crippen MR) is 110 cm³/mol. The van der Waals surface area contributed by atoms with Gasteiger partial charge in [0.1, 0.15) is 11.7 Å². The molecule has 0 aliphatic heterocycles. The summed E-state index contributed by atoms with van der Waals surface area (Å²) in [5.74, 6) is -0.472. The van der Waals surface area contributed by atoms with Crippen molar-refractivity contribution in [1.82, 2.24) is 15.4 Å². The van der Waals surface area contributed by atoms with Crippen molar-refractivity contribution in [2.45, 2.75) is 33.9 Å². The summed E-state index contributed by atoms with van der Waals surface area (Å²) in [6, 6.07) is 0.680. The summed E-state index contributed by atoms with van der Waals surface area (Å²) in [6.07, 6.45) is -3.29. The molecule has 0 saturated heterocycles. The molecule has 30 heavy (non-hydrogen) atoms. The van der Waals surface area contributed by atoms with Crippen LogP contribution in [-0.4, -0.2) is 47.8 Å². The Morgan fingerprint density at radius 1 is 1.40 bits per heavy atom. The van der Waals surface area contributed by atoms with Crippen LogP contribution in [0.4, 0.5) is 23.8 Å². The lowest BCUT2D eigenvalue weighted by atomic mass is 10.1. The smallest absolute Gasteiger partial charge is 0.417 e. The highest BCUT2D eigenvalue weighted by Crippen LogP contribution is 2.33. The molecule has 0 aromatic carbocycles. The first-order valence-electron chi connectivity index (χ1n) is 8.92. The minimum Gasteiger partial charge on any atom is -0.453 e. The number of nitrogens with zero attached hydrogens (tertiary/aromatic N) is 3. The molecule has 168 valence electrons. The quantitative estimate of drug-likeness (QED) is 0.359. The molecule has 0 fully saturated rings. The number of aromatic nitrogens is 1. The predicted octanol–water partition coefficient (Wildman–Crippen LogP) is 3.92. The van der Waals surface area contributed by atoms with Crippen molar-refractivity contribution in [1.29, 1.82) is 0 Å². The number of aliphatic hydroxyl groups excluding tert-OH is 1. The van der Waals surface area contributed by atoms with Gasteiger partial charge in [-0.1, -0.05) is 20.4 Å². The van der Waals surface area contributed by atoms with Crippen molar-refractivity contribution < 1.29 is 27.8 Å². The number of aliphatic imine (C=N–C) groups is 1. The Labute approximate surface area is 174 Å². The Morgan fingerprint density at radius 2 is 2.00 bits per heavy atom. The van der Waals surface area contributed by atoms with Crippen LogP contribution in [0.2, 0.25) is 0 Å². The molecule has 1 heterocycles. The molecule has 1 aromatic heterocycles. The van der Waals surface area contributed by atoms with E-state index in [4.69, 9.17) is 5.11 Å². The third kappa shape index (κ3) is 8.11. The topological polar surface area (TPSA) is 99.1 Å². The fourth-order valence-electron chi connectivity index (χ4n) is 1.95. The summed E-state index contributed by atoms with van der Waals surface area (Å²) in [6.45, 7) is 10.7. The number of allylic oxidation sites excluding steroid dienone is 1. The number of hydrazine groups is 1. The fourth-order valence-corrected chi connectivity index (χ4v) is 1.95. The van der Waals surface area contributed by atoms with E-state index < -0.39 is 17.8 Å². The van der Waals surface area contributed by atoms with Gasteiger partial charge in [-0.05, 0) is 25.5 Å². The van der Waals surface area contributed by atoms with Crippen LogP contribution in [0, 0.1) is 0 Å². The second-order valence-electron chi connectivity index (χ2n) is 5.65. The van der Waals surface area contributed by atoms with E-state index in [0.717, 1.165) is 13.3 Å². The lowest BCUT2D eigenvalue weighted by Crippen LogP contribution is -2.39. The summed E-state index contributed by atoms with van der Waals surface area (Å²) < 4.78 is 45.1. The zero-order valence-electron chi connectivity index (χ0n) is 17.9. The second kappa shape index (κ2) is 12.5. The zero-order chi connectivity index (χ0) is 23.5. The van der Waals surface area contributed by atoms with Gasteiger partial charge in [-0.2, -0.15) is 13.2 Å². The van der Waals surface area contributed by atoms with E-state index in [1.807, 2.05) is 13.8 Å². The highest BCUT2D eigenvalue weighted by molar-refractivity contribution is 6.00. The van der Waals surface area contributed by atoms with Crippen LogP contribution in [0.25, 0.3) is 0 Å². The molecule has 1 aromatic rings. The first-order chi connectivity index (χ1) is 14.0. The fraction of sp³-hybridized carbons (Fsp3) is 0.421. The van der Waals surface area contributed by atoms with Gasteiger partial charge in [-0.15, -0.1) is 0 Å². The highest BCUT2D eigenvalue weighted by atomic mass is 19.4. The molecule has 0 radical (unpaired) electrons. The summed E-state index contributed by atoms with van der Waals surface area (Å²) in [5.41, 5.74) is 2.29. The Hall–Kier alpha value is -3.08. The van der Waals surface area contributed by atoms with Gasteiger partial charge in [0, 0.05) is 30.7 Å². The number of rotatable bonds is 6. The van der Waals surface area contributed by atoms with Crippen molar-refractivity contribution in [2.24, 2.45) is 4.99 Å². The number of methoxy groups -OCH3 is 1. The van der Waals surface area contributed by atoms with E-state index in [2.05, 4.69) is 32.0 Å². The number of pyridine rings is 1. The first-order valence-corrected chi connectivity index (χ1v) is 8.92. The van der Waals surface area contributed by atoms with Crippen molar-refractivity contribution in [2.75, 3.05) is 26.1 Å². The van der Waals surface area contributed by atoms with Crippen LogP contribution in [0.15, 0.2) is 41.3 Å². The van der Waals surface area contributed by atoms with Crippen LogP contribution < -0.4 is 10.7 Å². The molecule has 0 saturated carbocycles. The SMILES string of the molecule is C=C(C)N(/C=C(\C)CO)NC(=NC)c1cnc(NC(=O)OC)cc1C(F)(F)F.CC. The standard InChI is InChI=1S/C17H22F3N5O3.C2H6/c1-10(2)25(8-11(3)9-26)24-15(21-4)12-7-22-14(23-16(27)28-5)6-13(12)17(18,19)20;1-2/h6-8,26H,1,9H2,2-5H3,(H,21,24)(H,22,23,27);1-2H3/b11-8+;.